The van der Waals surface area contributed by atoms with Crippen LogP contribution in [0.1, 0.15) is 51.4 Å². The molecule has 2 heteroatoms. The van der Waals surface area contributed by atoms with Gasteiger partial charge in [0.2, 0.25) is 0 Å². The van der Waals surface area contributed by atoms with E-state index < -0.39 is 0 Å². The molecule has 2 nitrogen and oxygen atoms in total. The molecular formula is C15H28N2. The van der Waals surface area contributed by atoms with Crippen molar-refractivity contribution in [3.63, 3.8) is 0 Å². The van der Waals surface area contributed by atoms with Gasteiger partial charge in [-0.2, -0.15) is 0 Å². The van der Waals surface area contributed by atoms with E-state index in [0.717, 1.165) is 17.8 Å². The van der Waals surface area contributed by atoms with Crippen LogP contribution in [0.5, 0.6) is 0 Å². The molecule has 0 atom stereocenters. The van der Waals surface area contributed by atoms with Crippen molar-refractivity contribution < 1.29 is 0 Å². The third-order valence-electron chi connectivity index (χ3n) is 4.83. The minimum absolute atomic E-state index is 0.506. The molecule has 0 aromatic rings. The van der Waals surface area contributed by atoms with Gasteiger partial charge in [-0.1, -0.05) is 0 Å². The quantitative estimate of drug-likeness (QED) is 0.768. The Bertz CT molecular complexity index is 223. The van der Waals surface area contributed by atoms with Gasteiger partial charge >= 0.3 is 0 Å². The second-order valence-electron chi connectivity index (χ2n) is 6.89. The summed E-state index contributed by atoms with van der Waals surface area (Å²) in [7, 11) is 0. The molecule has 0 radical (unpaired) electrons. The SMILES string of the molecule is NC1CCC(CN(CC2CC2)CC2CC2)CC1. The molecule has 0 saturated heterocycles. The van der Waals surface area contributed by atoms with Crippen LogP contribution in [0.4, 0.5) is 0 Å². The van der Waals surface area contributed by atoms with Crippen LogP contribution in [0.15, 0.2) is 0 Å². The van der Waals surface area contributed by atoms with Crippen LogP contribution in [0.3, 0.4) is 0 Å². The first-order chi connectivity index (χ1) is 8.29. The summed E-state index contributed by atoms with van der Waals surface area (Å²) < 4.78 is 0. The van der Waals surface area contributed by atoms with Crippen molar-refractivity contribution in [2.45, 2.75) is 57.4 Å². The normalized spacial score (nSPS) is 34.2. The summed E-state index contributed by atoms with van der Waals surface area (Å²) in [6.07, 6.45) is 11.3. The van der Waals surface area contributed by atoms with Crippen molar-refractivity contribution in [1.29, 1.82) is 0 Å². The summed E-state index contributed by atoms with van der Waals surface area (Å²) in [6, 6.07) is 0.506. The summed E-state index contributed by atoms with van der Waals surface area (Å²) in [5.41, 5.74) is 6.00. The van der Waals surface area contributed by atoms with Gasteiger partial charge in [0.15, 0.2) is 0 Å². The first kappa shape index (κ1) is 12.0. The van der Waals surface area contributed by atoms with E-state index in [1.54, 1.807) is 0 Å². The van der Waals surface area contributed by atoms with Gasteiger partial charge in [0.05, 0.1) is 0 Å². The molecule has 98 valence electrons. The summed E-state index contributed by atoms with van der Waals surface area (Å²) >= 11 is 0. The predicted octanol–water partition coefficient (Wildman–Crippen LogP) is 2.63. The molecule has 0 amide bonds. The van der Waals surface area contributed by atoms with E-state index in [2.05, 4.69) is 4.90 Å². The fourth-order valence-corrected chi connectivity index (χ4v) is 3.29. The summed E-state index contributed by atoms with van der Waals surface area (Å²) in [4.78, 5) is 2.80. The van der Waals surface area contributed by atoms with Crippen molar-refractivity contribution in [2.24, 2.45) is 23.5 Å². The Morgan fingerprint density at radius 1 is 0.647 bits per heavy atom. The lowest BCUT2D eigenvalue weighted by Crippen LogP contribution is -2.36. The molecule has 0 heterocycles. The molecular weight excluding hydrogens is 208 g/mol. The van der Waals surface area contributed by atoms with E-state index >= 15 is 0 Å². The average molecular weight is 236 g/mol. The Balaban J connectivity index is 1.44. The largest absolute Gasteiger partial charge is 0.328 e. The van der Waals surface area contributed by atoms with Crippen LogP contribution in [0.2, 0.25) is 0 Å². The predicted molar refractivity (Wildman–Crippen MR) is 71.8 cm³/mol. The van der Waals surface area contributed by atoms with Gasteiger partial charge in [-0.05, 0) is 69.1 Å². The molecule has 3 saturated carbocycles. The molecule has 0 aliphatic heterocycles. The lowest BCUT2D eigenvalue weighted by Gasteiger charge is -2.31. The summed E-state index contributed by atoms with van der Waals surface area (Å²) in [5, 5.41) is 0. The van der Waals surface area contributed by atoms with Gasteiger partial charge < -0.3 is 10.6 Å². The highest BCUT2D eigenvalue weighted by Crippen LogP contribution is 2.35. The molecule has 17 heavy (non-hydrogen) atoms. The fraction of sp³-hybridized carbons (Fsp3) is 1.00. The number of nitrogens with two attached hydrogens (primary N) is 1. The van der Waals surface area contributed by atoms with Gasteiger partial charge in [0.1, 0.15) is 0 Å². The van der Waals surface area contributed by atoms with Gasteiger partial charge in [0, 0.05) is 25.7 Å². The molecule has 0 unspecified atom stereocenters. The van der Waals surface area contributed by atoms with E-state index in [9.17, 15) is 0 Å². The fourth-order valence-electron chi connectivity index (χ4n) is 3.29. The number of hydrogen-bond donors (Lipinski definition) is 1. The molecule has 3 rings (SSSR count). The molecule has 3 aliphatic carbocycles. The average Bonchev–Trinajstić information content (AvgIpc) is 3.17. The Labute approximate surface area is 106 Å². The zero-order valence-electron chi connectivity index (χ0n) is 11.1. The molecule has 3 fully saturated rings. The lowest BCUT2D eigenvalue weighted by atomic mass is 9.86. The summed E-state index contributed by atoms with van der Waals surface area (Å²) in [5.74, 6) is 3.06. The van der Waals surface area contributed by atoms with Crippen molar-refractivity contribution >= 4 is 0 Å². The Hall–Kier alpha value is -0.0800. The minimum atomic E-state index is 0.506. The maximum Gasteiger partial charge on any atom is 0.00390 e. The van der Waals surface area contributed by atoms with E-state index in [1.807, 2.05) is 0 Å². The Morgan fingerprint density at radius 2 is 1.00 bits per heavy atom. The molecule has 3 aliphatic rings. The van der Waals surface area contributed by atoms with Gasteiger partial charge in [-0.25, -0.2) is 0 Å². The summed E-state index contributed by atoms with van der Waals surface area (Å²) in [6.45, 7) is 4.18. The molecule has 0 spiro atoms. The van der Waals surface area contributed by atoms with E-state index in [1.165, 1.54) is 71.0 Å². The third-order valence-corrected chi connectivity index (χ3v) is 4.83. The van der Waals surface area contributed by atoms with Gasteiger partial charge in [-0.3, -0.25) is 0 Å². The molecule has 0 aromatic carbocycles. The van der Waals surface area contributed by atoms with E-state index in [0.29, 0.717) is 6.04 Å². The maximum absolute atomic E-state index is 6.00. The van der Waals surface area contributed by atoms with Crippen molar-refractivity contribution in [2.75, 3.05) is 19.6 Å². The molecule has 0 aromatic heterocycles. The van der Waals surface area contributed by atoms with Crippen molar-refractivity contribution in [1.82, 2.24) is 4.90 Å². The van der Waals surface area contributed by atoms with Crippen LogP contribution in [0, 0.1) is 17.8 Å². The third kappa shape index (κ3) is 3.96. The lowest BCUT2D eigenvalue weighted by molar-refractivity contribution is 0.182. The second-order valence-corrected chi connectivity index (χ2v) is 6.89. The number of hydrogen-bond acceptors (Lipinski definition) is 2. The van der Waals surface area contributed by atoms with Crippen molar-refractivity contribution in [3.05, 3.63) is 0 Å². The standard InChI is InChI=1S/C15H28N2/c16-15-7-5-14(6-8-15)11-17(9-12-1-2-12)10-13-3-4-13/h12-15H,1-11,16H2. The molecule has 2 N–H and O–H groups in total. The van der Waals surface area contributed by atoms with Crippen molar-refractivity contribution in [3.8, 4) is 0 Å². The highest BCUT2D eigenvalue weighted by molar-refractivity contribution is 4.84. The smallest absolute Gasteiger partial charge is 0.00390 e. The monoisotopic (exact) mass is 236 g/mol. The van der Waals surface area contributed by atoms with E-state index in [4.69, 9.17) is 5.73 Å². The zero-order valence-corrected chi connectivity index (χ0v) is 11.1. The maximum atomic E-state index is 6.00. The van der Waals surface area contributed by atoms with Gasteiger partial charge in [-0.15, -0.1) is 0 Å². The highest BCUT2D eigenvalue weighted by atomic mass is 15.1. The van der Waals surface area contributed by atoms with Crippen LogP contribution in [-0.4, -0.2) is 30.6 Å². The Morgan fingerprint density at radius 3 is 1.35 bits per heavy atom. The Kier molecular flexibility index (Phi) is 3.72. The first-order valence-electron chi connectivity index (χ1n) is 7.77. The second kappa shape index (κ2) is 5.27. The number of nitrogens with zero attached hydrogens (tertiary/aromatic N) is 1. The molecule has 0 bridgehead atoms. The highest BCUT2D eigenvalue weighted by Gasteiger charge is 2.30. The first-order valence-corrected chi connectivity index (χ1v) is 7.77. The van der Waals surface area contributed by atoms with Crippen LogP contribution >= 0.6 is 0 Å². The minimum Gasteiger partial charge on any atom is -0.328 e. The van der Waals surface area contributed by atoms with Gasteiger partial charge in [0.25, 0.3) is 0 Å². The zero-order chi connectivity index (χ0) is 11.7. The van der Waals surface area contributed by atoms with E-state index in [-0.39, 0.29) is 0 Å². The van der Waals surface area contributed by atoms with Crippen LogP contribution in [-0.2, 0) is 0 Å². The number of rotatable bonds is 6. The van der Waals surface area contributed by atoms with Crippen LogP contribution in [0.25, 0.3) is 0 Å². The topological polar surface area (TPSA) is 29.3 Å². The van der Waals surface area contributed by atoms with Crippen LogP contribution < -0.4 is 5.73 Å².